The Balaban J connectivity index is 2.00. The lowest BCUT2D eigenvalue weighted by atomic mass is 10.1. The van der Waals surface area contributed by atoms with Gasteiger partial charge in [0.2, 0.25) is 0 Å². The molecule has 0 atom stereocenters. The highest BCUT2D eigenvalue weighted by molar-refractivity contribution is 7.18. The van der Waals surface area contributed by atoms with Crippen molar-refractivity contribution in [3.63, 3.8) is 0 Å². The predicted octanol–water partition coefficient (Wildman–Crippen LogP) is 2.69. The van der Waals surface area contributed by atoms with Crippen molar-refractivity contribution in [2.75, 3.05) is 0 Å². The summed E-state index contributed by atoms with van der Waals surface area (Å²) in [7, 11) is 0. The summed E-state index contributed by atoms with van der Waals surface area (Å²) in [5.74, 6) is 0. The van der Waals surface area contributed by atoms with Crippen LogP contribution in [0.1, 0.15) is 16.0 Å². The first-order valence-corrected chi connectivity index (χ1v) is 6.93. The van der Waals surface area contributed by atoms with Crippen LogP contribution in [0.25, 0.3) is 10.2 Å². The summed E-state index contributed by atoms with van der Waals surface area (Å²) >= 11 is 1.53. The maximum Gasteiger partial charge on any atom is 0.262 e. The predicted molar refractivity (Wildman–Crippen MR) is 78.9 cm³/mol. The van der Waals surface area contributed by atoms with E-state index < -0.39 is 0 Å². The summed E-state index contributed by atoms with van der Waals surface area (Å²) in [6, 6.07) is 11.2. The third-order valence-corrected chi connectivity index (χ3v) is 4.04. The largest absolute Gasteiger partial charge is 0.294 e. The molecular weight excluding hydrogens is 270 g/mol. The topological polar surface area (TPSA) is 58.7 Å². The second-order valence-corrected chi connectivity index (χ2v) is 5.80. The molecule has 0 radical (unpaired) electrons. The fraction of sp³-hybridized carbons (Fsp3) is 0.133. The highest BCUT2D eigenvalue weighted by Crippen LogP contribution is 2.19. The zero-order chi connectivity index (χ0) is 14.1. The first-order valence-electron chi connectivity index (χ1n) is 6.12. The van der Waals surface area contributed by atoms with Crippen molar-refractivity contribution in [3.05, 3.63) is 63.0 Å². The molecule has 0 unspecified atom stereocenters. The van der Waals surface area contributed by atoms with Gasteiger partial charge in [-0.3, -0.25) is 9.36 Å². The number of nitriles is 1. The molecule has 20 heavy (non-hydrogen) atoms. The van der Waals surface area contributed by atoms with Crippen LogP contribution in [0.5, 0.6) is 0 Å². The fourth-order valence-electron chi connectivity index (χ4n) is 2.07. The lowest BCUT2D eigenvalue weighted by molar-refractivity contribution is 0.749. The van der Waals surface area contributed by atoms with Crippen LogP contribution in [0.15, 0.2) is 41.5 Å². The van der Waals surface area contributed by atoms with E-state index in [0.717, 1.165) is 15.3 Å². The molecule has 3 rings (SSSR count). The molecule has 0 aliphatic heterocycles. The average Bonchev–Trinajstić information content (AvgIpc) is 2.84. The summed E-state index contributed by atoms with van der Waals surface area (Å²) in [4.78, 5) is 18.5. The number of hydrogen-bond donors (Lipinski definition) is 0. The van der Waals surface area contributed by atoms with E-state index >= 15 is 0 Å². The summed E-state index contributed by atoms with van der Waals surface area (Å²) in [6.07, 6.45) is 1.58. The molecule has 0 N–H and O–H groups in total. The number of thiophene rings is 1. The normalized spacial score (nSPS) is 10.6. The Kier molecular flexibility index (Phi) is 3.09. The molecule has 0 fully saturated rings. The van der Waals surface area contributed by atoms with E-state index in [2.05, 4.69) is 11.1 Å². The Morgan fingerprint density at radius 3 is 2.80 bits per heavy atom. The summed E-state index contributed by atoms with van der Waals surface area (Å²) in [6.45, 7) is 2.43. The van der Waals surface area contributed by atoms with Gasteiger partial charge < -0.3 is 0 Å². The van der Waals surface area contributed by atoms with E-state index in [1.807, 2.05) is 25.1 Å². The summed E-state index contributed by atoms with van der Waals surface area (Å²) < 4.78 is 1.59. The van der Waals surface area contributed by atoms with Crippen LogP contribution < -0.4 is 5.56 Å². The lowest BCUT2D eigenvalue weighted by Gasteiger charge is -2.05. The maximum atomic E-state index is 12.3. The van der Waals surface area contributed by atoms with Crippen molar-refractivity contribution in [2.24, 2.45) is 0 Å². The summed E-state index contributed by atoms with van der Waals surface area (Å²) in [5.41, 5.74) is 1.56. The molecule has 0 saturated carbocycles. The third kappa shape index (κ3) is 2.22. The molecular formula is C15H11N3OS. The van der Waals surface area contributed by atoms with E-state index in [0.29, 0.717) is 17.5 Å². The van der Waals surface area contributed by atoms with Crippen LogP contribution in [0.2, 0.25) is 0 Å². The van der Waals surface area contributed by atoms with Gasteiger partial charge in [-0.25, -0.2) is 4.98 Å². The molecule has 0 spiro atoms. The lowest BCUT2D eigenvalue weighted by Crippen LogP contribution is -2.20. The van der Waals surface area contributed by atoms with Crippen molar-refractivity contribution in [1.29, 1.82) is 5.26 Å². The maximum absolute atomic E-state index is 12.3. The second kappa shape index (κ2) is 4.91. The molecule has 0 aliphatic rings. The van der Waals surface area contributed by atoms with E-state index in [4.69, 9.17) is 5.26 Å². The number of aryl methyl sites for hydroxylation is 1. The molecule has 1 aromatic carbocycles. The average molecular weight is 281 g/mol. The van der Waals surface area contributed by atoms with Crippen LogP contribution in [0, 0.1) is 18.3 Å². The highest BCUT2D eigenvalue weighted by atomic mass is 32.1. The van der Waals surface area contributed by atoms with Crippen molar-refractivity contribution < 1.29 is 0 Å². The SMILES string of the molecule is Cc1cc2c(=O)n(Cc3ccc(C#N)cc3)cnc2s1. The molecule has 98 valence electrons. The molecule has 2 aromatic heterocycles. The van der Waals surface area contributed by atoms with Gasteiger partial charge in [0.25, 0.3) is 5.56 Å². The Morgan fingerprint density at radius 2 is 2.10 bits per heavy atom. The van der Waals surface area contributed by atoms with E-state index in [1.54, 1.807) is 23.0 Å². The number of aromatic nitrogens is 2. The van der Waals surface area contributed by atoms with Gasteiger partial charge in [0, 0.05) is 4.88 Å². The number of fused-ring (bicyclic) bond motifs is 1. The van der Waals surface area contributed by atoms with E-state index in [-0.39, 0.29) is 5.56 Å². The van der Waals surface area contributed by atoms with Gasteiger partial charge in [-0.15, -0.1) is 11.3 Å². The minimum Gasteiger partial charge on any atom is -0.294 e. The standard InChI is InChI=1S/C15H11N3OS/c1-10-6-13-14(20-10)17-9-18(15(13)19)8-12-4-2-11(7-16)3-5-12/h2-6,9H,8H2,1H3. The zero-order valence-electron chi connectivity index (χ0n) is 10.8. The monoisotopic (exact) mass is 281 g/mol. The van der Waals surface area contributed by atoms with Crippen LogP contribution in [-0.4, -0.2) is 9.55 Å². The quantitative estimate of drug-likeness (QED) is 0.725. The third-order valence-electron chi connectivity index (χ3n) is 3.08. The molecule has 0 saturated heterocycles. The number of nitrogens with zero attached hydrogens (tertiary/aromatic N) is 3. The van der Waals surface area contributed by atoms with Crippen molar-refractivity contribution in [3.8, 4) is 6.07 Å². The molecule has 5 heteroatoms. The minimum absolute atomic E-state index is 0.0243. The Labute approximate surface area is 119 Å². The van der Waals surface area contributed by atoms with E-state index in [9.17, 15) is 4.79 Å². The van der Waals surface area contributed by atoms with Crippen LogP contribution >= 0.6 is 11.3 Å². The van der Waals surface area contributed by atoms with Gasteiger partial charge >= 0.3 is 0 Å². The van der Waals surface area contributed by atoms with Gasteiger partial charge in [-0.05, 0) is 30.7 Å². The van der Waals surface area contributed by atoms with Crippen molar-refractivity contribution in [2.45, 2.75) is 13.5 Å². The number of hydrogen-bond acceptors (Lipinski definition) is 4. The van der Waals surface area contributed by atoms with Gasteiger partial charge in [0.15, 0.2) is 0 Å². The van der Waals surface area contributed by atoms with Crippen molar-refractivity contribution >= 4 is 21.6 Å². The fourth-order valence-corrected chi connectivity index (χ4v) is 2.91. The first kappa shape index (κ1) is 12.6. The molecule has 0 amide bonds. The molecule has 3 aromatic rings. The van der Waals surface area contributed by atoms with Crippen LogP contribution in [-0.2, 0) is 6.54 Å². The molecule has 0 bridgehead atoms. The summed E-state index contributed by atoms with van der Waals surface area (Å²) in [5, 5.41) is 9.44. The van der Waals surface area contributed by atoms with Gasteiger partial charge in [0.1, 0.15) is 4.83 Å². The molecule has 2 heterocycles. The highest BCUT2D eigenvalue weighted by Gasteiger charge is 2.07. The number of benzene rings is 1. The Morgan fingerprint density at radius 1 is 1.35 bits per heavy atom. The second-order valence-electron chi connectivity index (χ2n) is 4.56. The van der Waals surface area contributed by atoms with Gasteiger partial charge in [-0.2, -0.15) is 5.26 Å². The van der Waals surface area contributed by atoms with Gasteiger partial charge in [-0.1, -0.05) is 12.1 Å². The molecule has 0 aliphatic carbocycles. The zero-order valence-corrected chi connectivity index (χ0v) is 11.6. The smallest absolute Gasteiger partial charge is 0.262 e. The van der Waals surface area contributed by atoms with Crippen molar-refractivity contribution in [1.82, 2.24) is 9.55 Å². The molecule has 4 nitrogen and oxygen atoms in total. The Hall–Kier alpha value is -2.45. The van der Waals surface area contributed by atoms with Crippen LogP contribution in [0.3, 0.4) is 0 Å². The van der Waals surface area contributed by atoms with Crippen LogP contribution in [0.4, 0.5) is 0 Å². The van der Waals surface area contributed by atoms with E-state index in [1.165, 1.54) is 11.3 Å². The van der Waals surface area contributed by atoms with Gasteiger partial charge in [0.05, 0.1) is 29.9 Å². The minimum atomic E-state index is -0.0243. The first-order chi connectivity index (χ1) is 9.67. The number of rotatable bonds is 2. The Bertz CT molecular complexity index is 869.